The molecular weight excluding hydrogens is 340 g/mol. The van der Waals surface area contributed by atoms with E-state index in [0.29, 0.717) is 38.6 Å². The predicted octanol–water partition coefficient (Wildman–Crippen LogP) is 0.963. The van der Waals surface area contributed by atoms with E-state index in [9.17, 15) is 8.42 Å². The molecule has 8 heteroatoms. The normalized spacial score (nSPS) is 18.8. The van der Waals surface area contributed by atoms with E-state index < -0.39 is 10.0 Å². The van der Waals surface area contributed by atoms with Gasteiger partial charge in [-0.2, -0.15) is 0 Å². The summed E-state index contributed by atoms with van der Waals surface area (Å²) in [7, 11) is -1.35. The highest BCUT2D eigenvalue weighted by Gasteiger charge is 2.27. The molecule has 0 aliphatic carbocycles. The van der Waals surface area contributed by atoms with Gasteiger partial charge in [0.15, 0.2) is 5.96 Å². The minimum atomic E-state index is -3.04. The fourth-order valence-corrected chi connectivity index (χ4v) is 4.19. The zero-order valence-corrected chi connectivity index (χ0v) is 16.0. The average Bonchev–Trinajstić information content (AvgIpc) is 2.89. The van der Waals surface area contributed by atoms with E-state index in [1.807, 2.05) is 38.1 Å². The van der Waals surface area contributed by atoms with E-state index >= 15 is 0 Å². The highest BCUT2D eigenvalue weighted by molar-refractivity contribution is 7.89. The molecule has 1 unspecified atom stereocenters. The highest BCUT2D eigenvalue weighted by atomic mass is 32.2. The number of aryl methyl sites for hydroxylation is 1. The van der Waals surface area contributed by atoms with Crippen LogP contribution in [0, 0.1) is 6.92 Å². The molecule has 2 rings (SSSR count). The SMILES string of the molecule is CN=C(NCCN1CCCS1(=O)=O)NCC(C)Oc1cccc(C)c1. The maximum Gasteiger partial charge on any atom is 0.214 e. The molecule has 2 N–H and O–H groups in total. The molecule has 7 nitrogen and oxygen atoms in total. The van der Waals surface area contributed by atoms with Crippen molar-refractivity contribution in [1.29, 1.82) is 0 Å². The molecule has 0 spiro atoms. The Morgan fingerprint density at radius 2 is 2.20 bits per heavy atom. The lowest BCUT2D eigenvalue weighted by molar-refractivity contribution is 0.223. The fraction of sp³-hybridized carbons (Fsp3) is 0.588. The molecule has 1 saturated heterocycles. The van der Waals surface area contributed by atoms with Crippen LogP contribution in [0.15, 0.2) is 29.3 Å². The summed E-state index contributed by atoms with van der Waals surface area (Å²) >= 11 is 0. The summed E-state index contributed by atoms with van der Waals surface area (Å²) in [6.07, 6.45) is 0.683. The van der Waals surface area contributed by atoms with Gasteiger partial charge < -0.3 is 15.4 Å². The van der Waals surface area contributed by atoms with E-state index in [4.69, 9.17) is 4.74 Å². The van der Waals surface area contributed by atoms with Crippen LogP contribution in [0.1, 0.15) is 18.9 Å². The Hall–Kier alpha value is -1.80. The van der Waals surface area contributed by atoms with Crippen LogP contribution < -0.4 is 15.4 Å². The van der Waals surface area contributed by atoms with Crippen molar-refractivity contribution in [3.8, 4) is 5.75 Å². The quantitative estimate of drug-likeness (QED) is 0.553. The monoisotopic (exact) mass is 368 g/mol. The second kappa shape index (κ2) is 9.05. The standard InChI is InChI=1S/C17H28N4O3S/c1-14-6-4-7-16(12-14)24-15(2)13-20-17(18-3)19-8-10-21-9-5-11-25(21,22)23/h4,6-7,12,15H,5,8-11,13H2,1-3H3,(H2,18,19,20). The number of benzene rings is 1. The van der Waals surface area contributed by atoms with Gasteiger partial charge in [-0.25, -0.2) is 12.7 Å². The summed E-state index contributed by atoms with van der Waals surface area (Å²) in [6, 6.07) is 7.94. The second-order valence-corrected chi connectivity index (χ2v) is 8.28. The first-order chi connectivity index (χ1) is 11.9. The zero-order chi connectivity index (χ0) is 18.3. The van der Waals surface area contributed by atoms with Gasteiger partial charge in [0, 0.05) is 26.7 Å². The Bertz CT molecular complexity index is 691. The first-order valence-corrected chi connectivity index (χ1v) is 10.2. The molecule has 0 aromatic heterocycles. The van der Waals surface area contributed by atoms with Crippen molar-refractivity contribution in [2.24, 2.45) is 4.99 Å². The summed E-state index contributed by atoms with van der Waals surface area (Å²) in [5.74, 6) is 1.74. The van der Waals surface area contributed by atoms with Crippen LogP contribution in [0.25, 0.3) is 0 Å². The van der Waals surface area contributed by atoms with Gasteiger partial charge in [0.1, 0.15) is 11.9 Å². The van der Waals surface area contributed by atoms with E-state index in [1.165, 1.54) is 4.31 Å². The molecule has 25 heavy (non-hydrogen) atoms. The van der Waals surface area contributed by atoms with Crippen LogP contribution in [0.5, 0.6) is 5.75 Å². The third kappa shape index (κ3) is 6.21. The van der Waals surface area contributed by atoms with Gasteiger partial charge in [0.05, 0.1) is 12.3 Å². The summed E-state index contributed by atoms with van der Waals surface area (Å²) in [4.78, 5) is 4.15. The van der Waals surface area contributed by atoms with Gasteiger partial charge in [0.25, 0.3) is 0 Å². The van der Waals surface area contributed by atoms with Crippen LogP contribution in [0.3, 0.4) is 0 Å². The van der Waals surface area contributed by atoms with E-state index in [2.05, 4.69) is 15.6 Å². The minimum absolute atomic E-state index is 0.0284. The molecule has 0 amide bonds. The van der Waals surface area contributed by atoms with Crippen LogP contribution >= 0.6 is 0 Å². The Labute approximate surface area is 150 Å². The number of aliphatic imine (C=N–C) groups is 1. The summed E-state index contributed by atoms with van der Waals surface area (Å²) in [5.41, 5.74) is 1.16. The van der Waals surface area contributed by atoms with E-state index in [1.54, 1.807) is 7.05 Å². The number of rotatable bonds is 7. The Morgan fingerprint density at radius 3 is 2.84 bits per heavy atom. The molecule has 0 bridgehead atoms. The van der Waals surface area contributed by atoms with Crippen molar-refractivity contribution in [2.75, 3.05) is 39.0 Å². The maximum absolute atomic E-state index is 11.8. The first-order valence-electron chi connectivity index (χ1n) is 8.56. The van der Waals surface area contributed by atoms with E-state index in [-0.39, 0.29) is 11.9 Å². The van der Waals surface area contributed by atoms with Gasteiger partial charge in [-0.15, -0.1) is 0 Å². The zero-order valence-electron chi connectivity index (χ0n) is 15.2. The summed E-state index contributed by atoms with van der Waals surface area (Å²) in [6.45, 7) is 6.19. The maximum atomic E-state index is 11.8. The lowest BCUT2D eigenvalue weighted by atomic mass is 10.2. The molecule has 140 valence electrons. The second-order valence-electron chi connectivity index (χ2n) is 6.19. The lowest BCUT2D eigenvalue weighted by Crippen LogP contribution is -2.44. The molecular formula is C17H28N4O3S. The average molecular weight is 369 g/mol. The van der Waals surface area contributed by atoms with Crippen molar-refractivity contribution in [3.05, 3.63) is 29.8 Å². The van der Waals surface area contributed by atoms with Crippen molar-refractivity contribution in [3.63, 3.8) is 0 Å². The van der Waals surface area contributed by atoms with Gasteiger partial charge >= 0.3 is 0 Å². The third-order valence-electron chi connectivity index (χ3n) is 3.96. The summed E-state index contributed by atoms with van der Waals surface area (Å²) < 4.78 is 30.9. The van der Waals surface area contributed by atoms with Gasteiger partial charge in [-0.05, 0) is 38.0 Å². The van der Waals surface area contributed by atoms with Crippen molar-refractivity contribution in [1.82, 2.24) is 14.9 Å². The number of hydrogen-bond acceptors (Lipinski definition) is 4. The smallest absolute Gasteiger partial charge is 0.214 e. The van der Waals surface area contributed by atoms with Crippen molar-refractivity contribution < 1.29 is 13.2 Å². The third-order valence-corrected chi connectivity index (χ3v) is 5.92. The number of hydrogen-bond donors (Lipinski definition) is 2. The minimum Gasteiger partial charge on any atom is -0.489 e. The molecule has 0 radical (unpaired) electrons. The van der Waals surface area contributed by atoms with Crippen molar-refractivity contribution in [2.45, 2.75) is 26.4 Å². The van der Waals surface area contributed by atoms with Gasteiger partial charge in [-0.1, -0.05) is 12.1 Å². The number of nitrogens with one attached hydrogen (secondary N) is 2. The highest BCUT2D eigenvalue weighted by Crippen LogP contribution is 2.14. The lowest BCUT2D eigenvalue weighted by Gasteiger charge is -2.19. The van der Waals surface area contributed by atoms with E-state index in [0.717, 1.165) is 11.3 Å². The molecule has 1 aromatic rings. The molecule has 1 aromatic carbocycles. The molecule has 0 saturated carbocycles. The molecule has 1 atom stereocenters. The fourth-order valence-electron chi connectivity index (χ4n) is 2.67. The predicted molar refractivity (Wildman–Crippen MR) is 101 cm³/mol. The number of guanidine groups is 1. The first kappa shape index (κ1) is 19.5. The molecule has 1 aliphatic rings. The van der Waals surface area contributed by atoms with Crippen LogP contribution in [-0.4, -0.2) is 63.8 Å². The molecule has 1 aliphatic heterocycles. The Kier molecular flexibility index (Phi) is 7.07. The van der Waals surface area contributed by atoms with Crippen LogP contribution in [0.2, 0.25) is 0 Å². The largest absolute Gasteiger partial charge is 0.489 e. The topological polar surface area (TPSA) is 83.0 Å². The molecule has 1 heterocycles. The number of nitrogens with zero attached hydrogens (tertiary/aromatic N) is 2. The number of sulfonamides is 1. The van der Waals surface area contributed by atoms with Crippen LogP contribution in [0.4, 0.5) is 0 Å². The number of ether oxygens (including phenoxy) is 1. The Morgan fingerprint density at radius 1 is 1.40 bits per heavy atom. The van der Waals surface area contributed by atoms with Crippen LogP contribution in [-0.2, 0) is 10.0 Å². The van der Waals surface area contributed by atoms with Gasteiger partial charge in [0.2, 0.25) is 10.0 Å². The Balaban J connectivity index is 1.71. The van der Waals surface area contributed by atoms with Crippen molar-refractivity contribution >= 4 is 16.0 Å². The van der Waals surface area contributed by atoms with Gasteiger partial charge in [-0.3, -0.25) is 4.99 Å². The molecule has 1 fully saturated rings. The summed E-state index contributed by atoms with van der Waals surface area (Å²) in [5, 5.41) is 6.34.